The summed E-state index contributed by atoms with van der Waals surface area (Å²) in [5.41, 5.74) is 11.2. The molecule has 0 radical (unpaired) electrons. The Bertz CT molecular complexity index is 1990. The topological polar surface area (TPSA) is 386 Å². The van der Waals surface area contributed by atoms with Crippen molar-refractivity contribution in [1.29, 1.82) is 0 Å². The van der Waals surface area contributed by atoms with Gasteiger partial charge in [0.2, 0.25) is 29.5 Å². The molecule has 90 heavy (non-hydrogen) atoms. The third kappa shape index (κ3) is 49.5. The molecule has 29 heteroatoms. The molecule has 5 amide bonds. The number of nitrogens with two attached hydrogens (primary N) is 2. The molecule has 0 spiro atoms. The van der Waals surface area contributed by atoms with Crippen molar-refractivity contribution in [2.75, 3.05) is 219 Å². The number of hydrogen-bond acceptors (Lipinski definition) is 24. The van der Waals surface area contributed by atoms with Gasteiger partial charge < -0.3 is 99.0 Å². The molecule has 522 valence electrons. The Hall–Kier alpha value is -5.18. The molecule has 0 aliphatic heterocycles. The average molecular weight is 1280 g/mol. The molecule has 0 saturated carbocycles. The first kappa shape index (κ1) is 84.8. The first-order valence-electron chi connectivity index (χ1n) is 32.7. The molecule has 15 N–H and O–H groups in total. The maximum atomic E-state index is 14.5. The van der Waals surface area contributed by atoms with Crippen LogP contribution in [0, 0.1) is 23.7 Å². The van der Waals surface area contributed by atoms with E-state index in [0.29, 0.717) is 137 Å². The molecule has 0 aromatic carbocycles. The Balaban J connectivity index is 5.98. The van der Waals surface area contributed by atoms with Crippen LogP contribution in [0.25, 0.3) is 0 Å². The van der Waals surface area contributed by atoms with Crippen molar-refractivity contribution in [3.05, 3.63) is 0 Å². The minimum Gasteiger partial charge on any atom is -0.464 e. The predicted octanol–water partition coefficient (Wildman–Crippen LogP) is -4.01. The van der Waals surface area contributed by atoms with E-state index >= 15 is 0 Å². The fraction of sp³-hybridized carbons (Fsp3) is 0.836. The van der Waals surface area contributed by atoms with Crippen molar-refractivity contribution in [1.82, 2.24) is 78.1 Å². The lowest BCUT2D eigenvalue weighted by molar-refractivity contribution is -0.144. The number of Topliss-reactive ketones (excluding diaryl/α,β-unsaturated/α-hetero) is 3. The summed E-state index contributed by atoms with van der Waals surface area (Å²) >= 11 is 0. The Kier molecular flexibility index (Phi) is 53.3. The fourth-order valence-electron chi connectivity index (χ4n) is 8.88. The third-order valence-corrected chi connectivity index (χ3v) is 14.5. The van der Waals surface area contributed by atoms with E-state index in [0.717, 1.165) is 32.6 Å². The van der Waals surface area contributed by atoms with Crippen LogP contribution in [-0.4, -0.2) is 298 Å². The number of carbonyl (C=O) groups excluding carboxylic acids is 10. The van der Waals surface area contributed by atoms with Crippen molar-refractivity contribution < 1.29 is 57.4 Å². The van der Waals surface area contributed by atoms with Crippen LogP contribution in [0.2, 0.25) is 0 Å². The van der Waals surface area contributed by atoms with E-state index < -0.39 is 96.8 Å². The predicted molar refractivity (Wildman–Crippen MR) is 350 cm³/mol. The maximum Gasteiger partial charge on any atom is 0.307 e. The van der Waals surface area contributed by atoms with Crippen molar-refractivity contribution in [3.8, 4) is 0 Å². The highest BCUT2D eigenvalue weighted by atomic mass is 16.5. The molecule has 0 saturated heterocycles. The molecule has 0 heterocycles. The van der Waals surface area contributed by atoms with Crippen LogP contribution in [-0.2, 0) is 57.4 Å². The number of nitrogens with zero attached hydrogens (tertiary/aromatic N) is 4. The second kappa shape index (κ2) is 56.6. The maximum absolute atomic E-state index is 14.5. The summed E-state index contributed by atoms with van der Waals surface area (Å²) in [6.07, 6.45) is -0.496. The highest BCUT2D eigenvalue weighted by Crippen LogP contribution is 2.23. The van der Waals surface area contributed by atoms with Crippen LogP contribution in [0.1, 0.15) is 90.9 Å². The van der Waals surface area contributed by atoms with Crippen LogP contribution < -0.4 is 70.0 Å². The largest absolute Gasteiger partial charge is 0.464 e. The zero-order chi connectivity index (χ0) is 67.2. The highest BCUT2D eigenvalue weighted by molar-refractivity contribution is 5.97. The van der Waals surface area contributed by atoms with Gasteiger partial charge in [-0.15, -0.1) is 0 Å². The zero-order valence-corrected chi connectivity index (χ0v) is 56.2. The number of nitrogens with one attached hydrogen (secondary N) is 11. The molecule has 0 fully saturated rings. The van der Waals surface area contributed by atoms with Gasteiger partial charge in [-0.2, -0.15) is 0 Å². The standard InChI is InChI=1S/C61H121N17O12/c1-9-11-16-72-61(88)51(47-56(83)71-29-25-66-19-14-62)44-53(80)43-50(60(87)74-31-27-67-20-15-63)45-54(81)49(46-55(82)70-30-26-68-23-21-64-17-12-57(84)89-39-37-77(7)35-33-75(3)4)42-52(79)41-48(10-2)59(86)73-32-28-69-24-22-65-18-13-58(85)90-40-38-78(8)36-34-76(5)6/h48-51,64-69H,9-47,62-63H2,1-8H3,(H,70,82)(H,71,83)(H,72,88)(H,73,86)(H,74,87). The quantitative estimate of drug-likeness (QED) is 0.0204. The molecule has 0 aromatic rings. The lowest BCUT2D eigenvalue weighted by atomic mass is 9.83. The fourth-order valence-corrected chi connectivity index (χ4v) is 8.88. The number of hydrogen-bond donors (Lipinski definition) is 13. The molecule has 0 aliphatic rings. The summed E-state index contributed by atoms with van der Waals surface area (Å²) < 4.78 is 10.7. The molecule has 0 rings (SSSR count). The monoisotopic (exact) mass is 1280 g/mol. The van der Waals surface area contributed by atoms with Gasteiger partial charge in [0.25, 0.3) is 0 Å². The van der Waals surface area contributed by atoms with E-state index in [2.05, 4.69) is 78.1 Å². The van der Waals surface area contributed by atoms with E-state index in [-0.39, 0.29) is 69.7 Å². The summed E-state index contributed by atoms with van der Waals surface area (Å²) in [5, 5.41) is 33.0. The van der Waals surface area contributed by atoms with Gasteiger partial charge in [-0.1, -0.05) is 20.3 Å². The molecule has 4 atom stereocenters. The molecule has 4 unspecified atom stereocenters. The summed E-state index contributed by atoms with van der Waals surface area (Å²) in [4.78, 5) is 143. The van der Waals surface area contributed by atoms with Gasteiger partial charge in [-0.25, -0.2) is 0 Å². The third-order valence-electron chi connectivity index (χ3n) is 14.5. The van der Waals surface area contributed by atoms with E-state index in [1.165, 1.54) is 0 Å². The second-order valence-corrected chi connectivity index (χ2v) is 23.3. The average Bonchev–Trinajstić information content (AvgIpc) is 3.47. The number of unbranched alkanes of at least 4 members (excludes halogenated alkanes) is 1. The summed E-state index contributed by atoms with van der Waals surface area (Å²) in [7, 11) is 12.0. The van der Waals surface area contributed by atoms with E-state index in [1.807, 2.05) is 49.2 Å². The van der Waals surface area contributed by atoms with Crippen molar-refractivity contribution in [2.45, 2.75) is 90.9 Å². The SMILES string of the molecule is CCCCNC(=O)C(CC(=O)CC(CC(=O)C(CC(=O)CC(CC)C(=O)NCCNCCNCCC(=O)OCCN(C)CCN(C)C)CC(=O)NCCNCCNCCC(=O)OCCN(C)CCN(C)C)C(=O)NCCNCCN)CC(=O)NCCNCCN. The number of ether oxygens (including phenoxy) is 2. The molecular weight excluding hydrogens is 1160 g/mol. The van der Waals surface area contributed by atoms with E-state index in [4.69, 9.17) is 20.9 Å². The molecule has 29 nitrogen and oxygen atoms in total. The van der Waals surface area contributed by atoms with Crippen LogP contribution >= 0.6 is 0 Å². The molecular formula is C61H121N17O12. The second-order valence-electron chi connectivity index (χ2n) is 23.3. The van der Waals surface area contributed by atoms with Gasteiger partial charge >= 0.3 is 11.9 Å². The Morgan fingerprint density at radius 3 is 1.12 bits per heavy atom. The van der Waals surface area contributed by atoms with Crippen LogP contribution in [0.4, 0.5) is 0 Å². The molecule has 0 aliphatic carbocycles. The first-order chi connectivity index (χ1) is 43.1. The Labute approximate surface area is 537 Å². The lowest BCUT2D eigenvalue weighted by Crippen LogP contribution is -2.41. The van der Waals surface area contributed by atoms with Gasteiger partial charge in [0, 0.05) is 220 Å². The van der Waals surface area contributed by atoms with E-state index in [1.54, 1.807) is 6.92 Å². The van der Waals surface area contributed by atoms with Crippen molar-refractivity contribution >= 4 is 58.8 Å². The minimum atomic E-state index is -1.26. The van der Waals surface area contributed by atoms with Gasteiger partial charge in [0.1, 0.15) is 30.6 Å². The van der Waals surface area contributed by atoms with Crippen molar-refractivity contribution in [2.24, 2.45) is 35.1 Å². The highest BCUT2D eigenvalue weighted by Gasteiger charge is 2.33. The van der Waals surface area contributed by atoms with Crippen LogP contribution in [0.15, 0.2) is 0 Å². The normalized spacial score (nSPS) is 12.8. The molecule has 0 aromatic heterocycles. The minimum absolute atomic E-state index is 0.128. The van der Waals surface area contributed by atoms with Gasteiger partial charge in [-0.3, -0.25) is 47.9 Å². The van der Waals surface area contributed by atoms with Crippen LogP contribution in [0.5, 0.6) is 0 Å². The number of ketones is 3. The summed E-state index contributed by atoms with van der Waals surface area (Å²) in [6, 6.07) is 0. The summed E-state index contributed by atoms with van der Waals surface area (Å²) in [5.74, 6) is -8.90. The Morgan fingerprint density at radius 1 is 0.367 bits per heavy atom. The van der Waals surface area contributed by atoms with Gasteiger partial charge in [0.15, 0.2) is 0 Å². The number of carbonyl (C=O) groups is 10. The number of amides is 5. The molecule has 0 bridgehead atoms. The smallest absolute Gasteiger partial charge is 0.307 e. The number of likely N-dealkylation sites (N-methyl/N-ethyl adjacent to an activating group) is 4. The number of esters is 2. The van der Waals surface area contributed by atoms with Crippen molar-refractivity contribution in [3.63, 3.8) is 0 Å². The Morgan fingerprint density at radius 2 is 0.711 bits per heavy atom. The van der Waals surface area contributed by atoms with Crippen LogP contribution in [0.3, 0.4) is 0 Å². The van der Waals surface area contributed by atoms with Gasteiger partial charge in [-0.05, 0) is 55.1 Å². The summed E-state index contributed by atoms with van der Waals surface area (Å²) in [6.45, 7) is 16.9. The van der Waals surface area contributed by atoms with Gasteiger partial charge in [0.05, 0.1) is 24.7 Å². The zero-order valence-electron chi connectivity index (χ0n) is 56.2. The lowest BCUT2D eigenvalue weighted by Gasteiger charge is -2.22. The first-order valence-corrected chi connectivity index (χ1v) is 32.7. The number of rotatable bonds is 62. The van der Waals surface area contributed by atoms with E-state index in [9.17, 15) is 47.9 Å².